The van der Waals surface area contributed by atoms with E-state index < -0.39 is 0 Å². The predicted molar refractivity (Wildman–Crippen MR) is 124 cm³/mol. The smallest absolute Gasteiger partial charge is 0.194 e. The molecule has 31 heavy (non-hydrogen) atoms. The topological polar surface area (TPSA) is 86.5 Å². The van der Waals surface area contributed by atoms with Crippen molar-refractivity contribution in [3.63, 3.8) is 0 Å². The van der Waals surface area contributed by atoms with Gasteiger partial charge in [0.15, 0.2) is 11.6 Å². The fraction of sp³-hybridized carbons (Fsp3) is 0.455. The second kappa shape index (κ2) is 10.2. The number of piperazine rings is 1. The van der Waals surface area contributed by atoms with Gasteiger partial charge in [-0.15, -0.1) is 0 Å². The third-order valence-electron chi connectivity index (χ3n) is 5.45. The van der Waals surface area contributed by atoms with Gasteiger partial charge in [0.2, 0.25) is 0 Å². The minimum atomic E-state index is 0.665. The molecule has 0 aliphatic carbocycles. The number of benzene rings is 1. The number of aryl methyl sites for hydroxylation is 1. The van der Waals surface area contributed by atoms with Gasteiger partial charge < -0.3 is 15.5 Å². The van der Waals surface area contributed by atoms with Crippen LogP contribution in [0.15, 0.2) is 47.8 Å². The fourth-order valence-corrected chi connectivity index (χ4v) is 3.82. The Hall–Kier alpha value is -3.20. The predicted octanol–water partition coefficient (Wildman–Crippen LogP) is 1.56. The van der Waals surface area contributed by atoms with Gasteiger partial charge in [-0.1, -0.05) is 30.3 Å². The summed E-state index contributed by atoms with van der Waals surface area (Å²) in [5.41, 5.74) is 2.19. The van der Waals surface area contributed by atoms with Crippen molar-refractivity contribution in [2.75, 3.05) is 51.1 Å². The van der Waals surface area contributed by atoms with Crippen LogP contribution in [0.3, 0.4) is 0 Å². The molecule has 0 amide bonds. The summed E-state index contributed by atoms with van der Waals surface area (Å²) in [6.45, 7) is 9.38. The van der Waals surface area contributed by atoms with Crippen molar-refractivity contribution < 1.29 is 0 Å². The molecule has 1 fully saturated rings. The molecule has 2 N–H and O–H groups in total. The van der Waals surface area contributed by atoms with Crippen LogP contribution in [0.4, 0.5) is 5.82 Å². The van der Waals surface area contributed by atoms with Crippen LogP contribution in [0.1, 0.15) is 12.5 Å². The summed E-state index contributed by atoms with van der Waals surface area (Å²) in [5, 5.41) is 12.0. The molecule has 164 valence electrons. The Morgan fingerprint density at radius 2 is 1.90 bits per heavy atom. The molecule has 2 aromatic heterocycles. The summed E-state index contributed by atoms with van der Waals surface area (Å²) >= 11 is 0. The van der Waals surface area contributed by atoms with Crippen LogP contribution >= 0.6 is 0 Å². The lowest BCUT2D eigenvalue weighted by molar-refractivity contribution is 0.172. The Labute approximate surface area is 183 Å². The summed E-state index contributed by atoms with van der Waals surface area (Å²) in [5.74, 6) is 1.78. The van der Waals surface area contributed by atoms with E-state index in [4.69, 9.17) is 4.99 Å². The normalized spacial score (nSPS) is 15.4. The number of hydrogen-bond acceptors (Lipinski definition) is 6. The van der Waals surface area contributed by atoms with Crippen molar-refractivity contribution in [1.82, 2.24) is 34.9 Å². The van der Waals surface area contributed by atoms with Crippen LogP contribution < -0.4 is 10.6 Å². The Bertz CT molecular complexity index is 991. The van der Waals surface area contributed by atoms with Crippen molar-refractivity contribution >= 4 is 22.8 Å². The van der Waals surface area contributed by atoms with Crippen molar-refractivity contribution in [2.45, 2.75) is 13.5 Å². The molecule has 1 aliphatic rings. The van der Waals surface area contributed by atoms with Crippen molar-refractivity contribution in [3.05, 3.63) is 48.4 Å². The van der Waals surface area contributed by atoms with E-state index in [-0.39, 0.29) is 0 Å². The van der Waals surface area contributed by atoms with Crippen molar-refractivity contribution in [3.8, 4) is 0 Å². The molecule has 0 spiro atoms. The summed E-state index contributed by atoms with van der Waals surface area (Å²) in [7, 11) is 1.88. The summed E-state index contributed by atoms with van der Waals surface area (Å²) < 4.78 is 1.75. The number of hydrogen-bond donors (Lipinski definition) is 2. The molecule has 0 radical (unpaired) electrons. The lowest BCUT2D eigenvalue weighted by Crippen LogP contribution is -2.52. The Kier molecular flexibility index (Phi) is 6.93. The number of nitrogens with one attached hydrogen (secondary N) is 2. The second-order valence-corrected chi connectivity index (χ2v) is 7.64. The average molecular weight is 422 g/mol. The molecule has 1 aliphatic heterocycles. The number of rotatable bonds is 7. The second-order valence-electron chi connectivity index (χ2n) is 7.64. The van der Waals surface area contributed by atoms with Crippen LogP contribution in [-0.4, -0.2) is 81.3 Å². The SMILES string of the molecule is CCNC(=NCCNc1ncnc2c1cnn2C)N1CCN(Cc2ccccc2)CC1. The highest BCUT2D eigenvalue weighted by Crippen LogP contribution is 2.17. The quantitative estimate of drug-likeness (QED) is 0.340. The van der Waals surface area contributed by atoms with E-state index in [2.05, 4.69) is 72.8 Å². The third-order valence-corrected chi connectivity index (χ3v) is 5.45. The number of guanidine groups is 1. The molecule has 1 saturated heterocycles. The molecular formula is C22H31N9. The average Bonchev–Trinajstić information content (AvgIpc) is 3.19. The first kappa shape index (κ1) is 21.0. The highest BCUT2D eigenvalue weighted by Gasteiger charge is 2.19. The zero-order valence-electron chi connectivity index (χ0n) is 18.3. The molecule has 0 unspecified atom stereocenters. The minimum Gasteiger partial charge on any atom is -0.367 e. The highest BCUT2D eigenvalue weighted by molar-refractivity contribution is 5.86. The Morgan fingerprint density at radius 1 is 1.10 bits per heavy atom. The third kappa shape index (κ3) is 5.29. The van der Waals surface area contributed by atoms with E-state index in [0.717, 1.165) is 62.1 Å². The van der Waals surface area contributed by atoms with Crippen LogP contribution in [0.25, 0.3) is 11.0 Å². The zero-order valence-corrected chi connectivity index (χ0v) is 18.3. The van der Waals surface area contributed by atoms with Crippen LogP contribution in [0.2, 0.25) is 0 Å². The van der Waals surface area contributed by atoms with Crippen LogP contribution in [-0.2, 0) is 13.6 Å². The van der Waals surface area contributed by atoms with E-state index in [0.29, 0.717) is 13.1 Å². The van der Waals surface area contributed by atoms with Gasteiger partial charge in [0.05, 0.1) is 18.1 Å². The largest absolute Gasteiger partial charge is 0.367 e. The van der Waals surface area contributed by atoms with Gasteiger partial charge in [0, 0.05) is 52.9 Å². The zero-order chi connectivity index (χ0) is 21.5. The monoisotopic (exact) mass is 421 g/mol. The molecule has 3 aromatic rings. The van der Waals surface area contributed by atoms with Gasteiger partial charge in [0.25, 0.3) is 0 Å². The lowest BCUT2D eigenvalue weighted by atomic mass is 10.2. The van der Waals surface area contributed by atoms with Gasteiger partial charge in [-0.25, -0.2) is 9.97 Å². The number of aliphatic imine (C=N–C) groups is 1. The Balaban J connectivity index is 1.29. The van der Waals surface area contributed by atoms with Crippen LogP contribution in [0, 0.1) is 0 Å². The lowest BCUT2D eigenvalue weighted by Gasteiger charge is -2.36. The van der Waals surface area contributed by atoms with Crippen molar-refractivity contribution in [2.24, 2.45) is 12.0 Å². The van der Waals surface area contributed by atoms with Gasteiger partial charge in [0.1, 0.15) is 12.1 Å². The van der Waals surface area contributed by atoms with Gasteiger partial charge >= 0.3 is 0 Å². The molecule has 0 saturated carbocycles. The first-order valence-corrected chi connectivity index (χ1v) is 10.9. The Morgan fingerprint density at radius 3 is 2.68 bits per heavy atom. The number of nitrogens with zero attached hydrogens (tertiary/aromatic N) is 7. The van der Waals surface area contributed by atoms with E-state index in [1.807, 2.05) is 7.05 Å². The highest BCUT2D eigenvalue weighted by atomic mass is 15.3. The van der Waals surface area contributed by atoms with E-state index in [1.54, 1.807) is 17.2 Å². The van der Waals surface area contributed by atoms with E-state index in [9.17, 15) is 0 Å². The number of aromatic nitrogens is 4. The summed E-state index contributed by atoms with van der Waals surface area (Å²) in [6.07, 6.45) is 3.36. The van der Waals surface area contributed by atoms with Crippen molar-refractivity contribution in [1.29, 1.82) is 0 Å². The first-order valence-electron chi connectivity index (χ1n) is 10.9. The van der Waals surface area contributed by atoms with E-state index in [1.165, 1.54) is 5.56 Å². The number of anilines is 1. The van der Waals surface area contributed by atoms with E-state index >= 15 is 0 Å². The van der Waals surface area contributed by atoms with Gasteiger partial charge in [-0.2, -0.15) is 5.10 Å². The molecule has 0 atom stereocenters. The maximum atomic E-state index is 4.83. The number of fused-ring (bicyclic) bond motifs is 1. The fourth-order valence-electron chi connectivity index (χ4n) is 3.82. The molecule has 4 rings (SSSR count). The van der Waals surface area contributed by atoms with Gasteiger partial charge in [-0.3, -0.25) is 14.6 Å². The maximum absolute atomic E-state index is 4.83. The molecule has 3 heterocycles. The molecule has 9 heteroatoms. The minimum absolute atomic E-state index is 0.665. The molecule has 1 aromatic carbocycles. The summed E-state index contributed by atoms with van der Waals surface area (Å²) in [6, 6.07) is 10.7. The van der Waals surface area contributed by atoms with Gasteiger partial charge in [-0.05, 0) is 12.5 Å². The molecular weight excluding hydrogens is 390 g/mol. The van der Waals surface area contributed by atoms with Crippen LogP contribution in [0.5, 0.6) is 0 Å². The summed E-state index contributed by atoms with van der Waals surface area (Å²) in [4.78, 5) is 18.3. The first-order chi connectivity index (χ1) is 15.2. The standard InChI is InChI=1S/C22H31N9/c1-3-23-22(31-13-11-30(12-14-31)16-18-7-5-4-6-8-18)25-10-9-24-20-19-15-28-29(2)21(19)27-17-26-20/h4-8,15,17H,3,9-14,16H2,1-2H3,(H,23,25)(H,24,26,27). The molecule has 9 nitrogen and oxygen atoms in total. The molecule has 0 bridgehead atoms. The maximum Gasteiger partial charge on any atom is 0.194 e.